The molecule has 1 rings (SSSR count). The third-order valence-electron chi connectivity index (χ3n) is 3.07. The lowest BCUT2D eigenvalue weighted by Gasteiger charge is -2.47. The summed E-state index contributed by atoms with van der Waals surface area (Å²) in [6.07, 6.45) is 1.20. The van der Waals surface area contributed by atoms with Gasteiger partial charge < -0.3 is 10.1 Å². The molecule has 1 aliphatic rings. The Balaban J connectivity index is 2.34. The standard InChI is InChI=1S/C15H32N2O/c1-13(2,3)16-9-8-10-17-11-14(4,5)18-15(6,7)12-17/h16H,8-12H2,1-7H3. The first-order chi connectivity index (χ1) is 7.99. The lowest BCUT2D eigenvalue weighted by Crippen LogP contribution is -2.57. The van der Waals surface area contributed by atoms with Gasteiger partial charge in [0.15, 0.2) is 0 Å². The van der Waals surface area contributed by atoms with Crippen molar-refractivity contribution in [2.24, 2.45) is 0 Å². The molecule has 0 atom stereocenters. The summed E-state index contributed by atoms with van der Waals surface area (Å²) >= 11 is 0. The summed E-state index contributed by atoms with van der Waals surface area (Å²) < 4.78 is 6.09. The summed E-state index contributed by atoms with van der Waals surface area (Å²) in [5, 5.41) is 3.54. The zero-order chi connectivity index (χ0) is 14.0. The Morgan fingerprint density at radius 2 is 1.56 bits per heavy atom. The minimum absolute atomic E-state index is 0.0286. The average Bonchev–Trinajstić information content (AvgIpc) is 2.05. The van der Waals surface area contributed by atoms with Gasteiger partial charge in [0.25, 0.3) is 0 Å². The maximum Gasteiger partial charge on any atom is 0.0760 e. The van der Waals surface area contributed by atoms with E-state index in [9.17, 15) is 0 Å². The third kappa shape index (κ3) is 6.17. The van der Waals surface area contributed by atoms with E-state index >= 15 is 0 Å². The molecule has 0 radical (unpaired) electrons. The van der Waals surface area contributed by atoms with Crippen molar-refractivity contribution < 1.29 is 4.74 Å². The van der Waals surface area contributed by atoms with Crippen LogP contribution in [-0.4, -0.2) is 47.8 Å². The number of hydrogen-bond acceptors (Lipinski definition) is 3. The largest absolute Gasteiger partial charge is 0.367 e. The van der Waals surface area contributed by atoms with Gasteiger partial charge in [0.1, 0.15) is 0 Å². The lowest BCUT2D eigenvalue weighted by molar-refractivity contribution is -0.180. The van der Waals surface area contributed by atoms with Crippen LogP contribution in [0.2, 0.25) is 0 Å². The molecule has 18 heavy (non-hydrogen) atoms. The molecule has 108 valence electrons. The Labute approximate surface area is 113 Å². The summed E-state index contributed by atoms with van der Waals surface area (Å²) in [6, 6.07) is 0. The topological polar surface area (TPSA) is 24.5 Å². The van der Waals surface area contributed by atoms with Crippen LogP contribution in [0.5, 0.6) is 0 Å². The molecular formula is C15H32N2O. The van der Waals surface area contributed by atoms with Crippen molar-refractivity contribution >= 4 is 0 Å². The maximum atomic E-state index is 6.09. The highest BCUT2D eigenvalue weighted by Gasteiger charge is 2.37. The quantitative estimate of drug-likeness (QED) is 0.783. The second-order valence-electron chi connectivity index (χ2n) is 7.86. The van der Waals surface area contributed by atoms with Crippen molar-refractivity contribution in [1.82, 2.24) is 10.2 Å². The van der Waals surface area contributed by atoms with E-state index in [0.717, 1.165) is 26.2 Å². The molecule has 0 amide bonds. The minimum atomic E-state index is -0.0286. The molecule has 0 aliphatic carbocycles. The molecule has 0 bridgehead atoms. The van der Waals surface area contributed by atoms with E-state index in [4.69, 9.17) is 4.74 Å². The molecule has 1 aliphatic heterocycles. The van der Waals surface area contributed by atoms with Gasteiger partial charge in [-0.05, 0) is 68.0 Å². The molecule has 0 saturated carbocycles. The van der Waals surface area contributed by atoms with E-state index in [-0.39, 0.29) is 16.7 Å². The molecule has 0 aromatic carbocycles. The van der Waals surface area contributed by atoms with Gasteiger partial charge in [0, 0.05) is 18.6 Å². The van der Waals surface area contributed by atoms with Gasteiger partial charge in [-0.3, -0.25) is 4.90 Å². The van der Waals surface area contributed by atoms with Crippen molar-refractivity contribution in [3.63, 3.8) is 0 Å². The zero-order valence-corrected chi connectivity index (χ0v) is 13.4. The predicted octanol–water partition coefficient (Wildman–Crippen LogP) is 2.65. The Morgan fingerprint density at radius 3 is 2.00 bits per heavy atom. The van der Waals surface area contributed by atoms with Gasteiger partial charge in [-0.25, -0.2) is 0 Å². The lowest BCUT2D eigenvalue weighted by atomic mass is 9.99. The summed E-state index contributed by atoms with van der Waals surface area (Å²) in [5.74, 6) is 0. The van der Waals surface area contributed by atoms with Crippen molar-refractivity contribution in [2.45, 2.75) is 71.6 Å². The maximum absolute atomic E-state index is 6.09. The number of ether oxygens (including phenoxy) is 1. The second-order valence-corrected chi connectivity index (χ2v) is 7.86. The van der Waals surface area contributed by atoms with E-state index in [1.54, 1.807) is 0 Å². The highest BCUT2D eigenvalue weighted by atomic mass is 16.5. The molecule has 0 aromatic rings. The van der Waals surface area contributed by atoms with Crippen LogP contribution in [-0.2, 0) is 4.74 Å². The number of nitrogens with one attached hydrogen (secondary N) is 1. The molecule has 3 nitrogen and oxygen atoms in total. The number of rotatable bonds is 4. The molecular weight excluding hydrogens is 224 g/mol. The van der Waals surface area contributed by atoms with E-state index < -0.39 is 0 Å². The van der Waals surface area contributed by atoms with Crippen LogP contribution >= 0.6 is 0 Å². The van der Waals surface area contributed by atoms with Crippen LogP contribution in [0.4, 0.5) is 0 Å². The van der Waals surface area contributed by atoms with Crippen molar-refractivity contribution in [2.75, 3.05) is 26.2 Å². The van der Waals surface area contributed by atoms with Crippen LogP contribution in [0.25, 0.3) is 0 Å². The molecule has 1 fully saturated rings. The molecule has 1 N–H and O–H groups in total. The first kappa shape index (κ1) is 15.9. The van der Waals surface area contributed by atoms with Crippen molar-refractivity contribution in [3.05, 3.63) is 0 Å². The summed E-state index contributed by atoms with van der Waals surface area (Å²) in [5.41, 5.74) is 0.169. The number of hydrogen-bond donors (Lipinski definition) is 1. The van der Waals surface area contributed by atoms with Gasteiger partial charge in [0.2, 0.25) is 0 Å². The fourth-order valence-electron chi connectivity index (χ4n) is 2.87. The molecule has 0 aromatic heterocycles. The summed E-state index contributed by atoms with van der Waals surface area (Å²) in [6.45, 7) is 19.7. The average molecular weight is 256 g/mol. The Bertz CT molecular complexity index is 250. The van der Waals surface area contributed by atoms with E-state index in [1.807, 2.05) is 0 Å². The minimum Gasteiger partial charge on any atom is -0.367 e. The van der Waals surface area contributed by atoms with Gasteiger partial charge in [-0.15, -0.1) is 0 Å². The fraction of sp³-hybridized carbons (Fsp3) is 1.00. The third-order valence-corrected chi connectivity index (χ3v) is 3.07. The second kappa shape index (κ2) is 5.48. The van der Waals surface area contributed by atoms with E-state index in [1.165, 1.54) is 6.42 Å². The van der Waals surface area contributed by atoms with Gasteiger partial charge >= 0.3 is 0 Å². The Hall–Kier alpha value is -0.120. The summed E-state index contributed by atoms with van der Waals surface area (Å²) in [4.78, 5) is 2.54. The SMILES string of the molecule is CC(C)(C)NCCCN1CC(C)(C)OC(C)(C)C1. The predicted molar refractivity (Wildman–Crippen MR) is 78.1 cm³/mol. The smallest absolute Gasteiger partial charge is 0.0760 e. The first-order valence-corrected chi connectivity index (χ1v) is 7.17. The molecule has 1 heterocycles. The molecule has 3 heteroatoms. The molecule has 0 spiro atoms. The Morgan fingerprint density at radius 1 is 1.06 bits per heavy atom. The van der Waals surface area contributed by atoms with E-state index in [0.29, 0.717) is 0 Å². The molecule has 0 unspecified atom stereocenters. The first-order valence-electron chi connectivity index (χ1n) is 7.17. The monoisotopic (exact) mass is 256 g/mol. The van der Waals surface area contributed by atoms with Crippen molar-refractivity contribution in [1.29, 1.82) is 0 Å². The molecule has 1 saturated heterocycles. The number of nitrogens with zero attached hydrogens (tertiary/aromatic N) is 1. The highest BCUT2D eigenvalue weighted by Crippen LogP contribution is 2.27. The van der Waals surface area contributed by atoms with Crippen LogP contribution < -0.4 is 5.32 Å². The van der Waals surface area contributed by atoms with Gasteiger partial charge in [0.05, 0.1) is 11.2 Å². The highest BCUT2D eigenvalue weighted by molar-refractivity contribution is 4.89. The normalized spacial score (nSPS) is 24.2. The van der Waals surface area contributed by atoms with Gasteiger partial charge in [-0.1, -0.05) is 0 Å². The van der Waals surface area contributed by atoms with Crippen molar-refractivity contribution in [3.8, 4) is 0 Å². The van der Waals surface area contributed by atoms with Crippen LogP contribution in [0.15, 0.2) is 0 Å². The zero-order valence-electron chi connectivity index (χ0n) is 13.4. The van der Waals surface area contributed by atoms with E-state index in [2.05, 4.69) is 58.7 Å². The fourth-order valence-corrected chi connectivity index (χ4v) is 2.87. The Kier molecular flexibility index (Phi) is 4.85. The van der Waals surface area contributed by atoms with Crippen LogP contribution in [0.3, 0.4) is 0 Å². The van der Waals surface area contributed by atoms with Crippen LogP contribution in [0.1, 0.15) is 54.9 Å². The number of morpholine rings is 1. The summed E-state index contributed by atoms with van der Waals surface area (Å²) in [7, 11) is 0. The van der Waals surface area contributed by atoms with Crippen LogP contribution in [0, 0.1) is 0 Å². The van der Waals surface area contributed by atoms with Gasteiger partial charge in [-0.2, -0.15) is 0 Å².